The highest BCUT2D eigenvalue weighted by atomic mass is 16.5. The van der Waals surface area contributed by atoms with Gasteiger partial charge < -0.3 is 10.5 Å². The highest BCUT2D eigenvalue weighted by Gasteiger charge is 2.21. The number of hydrogen-bond acceptors (Lipinski definition) is 5. The van der Waals surface area contributed by atoms with Gasteiger partial charge in [0.1, 0.15) is 11.6 Å². The zero-order valence-corrected chi connectivity index (χ0v) is 8.94. The van der Waals surface area contributed by atoms with E-state index in [4.69, 9.17) is 10.5 Å². The van der Waals surface area contributed by atoms with Crippen LogP contribution in [0.4, 0.5) is 5.95 Å². The fourth-order valence-electron chi connectivity index (χ4n) is 1.71. The maximum absolute atomic E-state index is 5.65. The number of ether oxygens (including phenoxy) is 1. The van der Waals surface area contributed by atoms with Crippen LogP contribution in [0.25, 0.3) is 0 Å². The first-order valence-corrected chi connectivity index (χ1v) is 5.37. The third-order valence-corrected chi connectivity index (χ3v) is 2.48. The Bertz CT molecular complexity index is 336. The minimum atomic E-state index is 0.297. The Balaban J connectivity index is 2.22. The van der Waals surface area contributed by atoms with Crippen molar-refractivity contribution >= 4 is 5.95 Å². The topological polar surface area (TPSA) is 73.9 Å². The summed E-state index contributed by atoms with van der Waals surface area (Å²) in [5, 5.41) is 0. The lowest BCUT2D eigenvalue weighted by Crippen LogP contribution is -2.11. The molecule has 0 saturated carbocycles. The molecule has 1 fully saturated rings. The zero-order chi connectivity index (χ0) is 10.7. The molecule has 0 amide bonds. The molecule has 0 aromatic carbocycles. The highest BCUT2D eigenvalue weighted by Crippen LogP contribution is 2.22. The molecule has 2 heterocycles. The minimum absolute atomic E-state index is 0.297. The quantitative estimate of drug-likeness (QED) is 0.799. The Morgan fingerprint density at radius 1 is 1.40 bits per heavy atom. The maximum Gasteiger partial charge on any atom is 0.223 e. The second kappa shape index (κ2) is 4.53. The van der Waals surface area contributed by atoms with E-state index in [1.54, 1.807) is 0 Å². The van der Waals surface area contributed by atoms with Crippen LogP contribution in [0, 0.1) is 0 Å². The van der Waals surface area contributed by atoms with Gasteiger partial charge in [-0.1, -0.05) is 6.92 Å². The Morgan fingerprint density at radius 2 is 2.27 bits per heavy atom. The van der Waals surface area contributed by atoms with E-state index >= 15 is 0 Å². The van der Waals surface area contributed by atoms with E-state index in [0.29, 0.717) is 18.5 Å². The number of nitrogen functional groups attached to an aromatic ring is 1. The number of aromatic nitrogens is 3. The second-order valence-electron chi connectivity index (χ2n) is 3.78. The van der Waals surface area contributed by atoms with E-state index in [1.807, 2.05) is 0 Å². The first-order valence-electron chi connectivity index (χ1n) is 5.37. The van der Waals surface area contributed by atoms with Crippen LogP contribution in [-0.4, -0.2) is 28.2 Å². The SMILES string of the molecule is CCCc1nc(N)nc(C2CCOC2)n1. The summed E-state index contributed by atoms with van der Waals surface area (Å²) < 4.78 is 5.31. The maximum atomic E-state index is 5.65. The Kier molecular flexibility index (Phi) is 3.11. The summed E-state index contributed by atoms with van der Waals surface area (Å²) in [6.45, 7) is 3.59. The number of nitrogens with zero attached hydrogens (tertiary/aromatic N) is 3. The van der Waals surface area contributed by atoms with Gasteiger partial charge in [0.2, 0.25) is 5.95 Å². The van der Waals surface area contributed by atoms with E-state index in [9.17, 15) is 0 Å². The number of aryl methyl sites for hydroxylation is 1. The summed E-state index contributed by atoms with van der Waals surface area (Å²) in [5.41, 5.74) is 5.65. The lowest BCUT2D eigenvalue weighted by molar-refractivity contribution is 0.193. The first kappa shape index (κ1) is 10.3. The van der Waals surface area contributed by atoms with E-state index < -0.39 is 0 Å². The lowest BCUT2D eigenvalue weighted by Gasteiger charge is -2.07. The van der Waals surface area contributed by atoms with Crippen LogP contribution in [0.15, 0.2) is 0 Å². The molecule has 1 unspecified atom stereocenters. The summed E-state index contributed by atoms with van der Waals surface area (Å²) in [6, 6.07) is 0. The van der Waals surface area contributed by atoms with Crippen molar-refractivity contribution < 1.29 is 4.74 Å². The Morgan fingerprint density at radius 3 is 2.93 bits per heavy atom. The van der Waals surface area contributed by atoms with E-state index in [-0.39, 0.29) is 0 Å². The molecule has 0 spiro atoms. The van der Waals surface area contributed by atoms with Crippen LogP contribution in [0.3, 0.4) is 0 Å². The molecule has 15 heavy (non-hydrogen) atoms. The van der Waals surface area contributed by atoms with Crippen molar-refractivity contribution in [3.63, 3.8) is 0 Å². The van der Waals surface area contributed by atoms with Crippen LogP contribution in [0.2, 0.25) is 0 Å². The highest BCUT2D eigenvalue weighted by molar-refractivity contribution is 5.18. The molecule has 5 nitrogen and oxygen atoms in total. The molecule has 1 aromatic heterocycles. The smallest absolute Gasteiger partial charge is 0.223 e. The zero-order valence-electron chi connectivity index (χ0n) is 8.94. The largest absolute Gasteiger partial charge is 0.381 e. The lowest BCUT2D eigenvalue weighted by atomic mass is 10.1. The van der Waals surface area contributed by atoms with Gasteiger partial charge in [-0.05, 0) is 12.8 Å². The van der Waals surface area contributed by atoms with E-state index in [2.05, 4.69) is 21.9 Å². The summed E-state index contributed by atoms with van der Waals surface area (Å²) in [4.78, 5) is 12.7. The van der Waals surface area contributed by atoms with Crippen molar-refractivity contribution in [2.75, 3.05) is 18.9 Å². The van der Waals surface area contributed by atoms with Gasteiger partial charge in [0.25, 0.3) is 0 Å². The molecule has 1 aliphatic heterocycles. The third-order valence-electron chi connectivity index (χ3n) is 2.48. The predicted octanol–water partition coefficient (Wildman–Crippen LogP) is 0.910. The number of rotatable bonds is 3. The van der Waals surface area contributed by atoms with Crippen LogP contribution < -0.4 is 5.73 Å². The van der Waals surface area contributed by atoms with Crippen molar-refractivity contribution in [3.05, 3.63) is 11.6 Å². The molecule has 2 rings (SSSR count). The van der Waals surface area contributed by atoms with Gasteiger partial charge in [-0.25, -0.2) is 4.98 Å². The average molecular weight is 208 g/mol. The van der Waals surface area contributed by atoms with Gasteiger partial charge in [0.15, 0.2) is 0 Å². The third kappa shape index (κ3) is 2.41. The predicted molar refractivity (Wildman–Crippen MR) is 56.4 cm³/mol. The van der Waals surface area contributed by atoms with Crippen LogP contribution >= 0.6 is 0 Å². The van der Waals surface area contributed by atoms with E-state index in [1.165, 1.54) is 0 Å². The van der Waals surface area contributed by atoms with Gasteiger partial charge in [0, 0.05) is 18.9 Å². The fourth-order valence-corrected chi connectivity index (χ4v) is 1.71. The summed E-state index contributed by atoms with van der Waals surface area (Å²) in [6.07, 6.45) is 2.85. The molecule has 1 saturated heterocycles. The van der Waals surface area contributed by atoms with Crippen LogP contribution in [-0.2, 0) is 11.2 Å². The van der Waals surface area contributed by atoms with Gasteiger partial charge in [-0.15, -0.1) is 0 Å². The summed E-state index contributed by atoms with van der Waals surface area (Å²) >= 11 is 0. The van der Waals surface area contributed by atoms with Crippen molar-refractivity contribution in [2.24, 2.45) is 0 Å². The van der Waals surface area contributed by atoms with Crippen LogP contribution in [0.1, 0.15) is 37.3 Å². The minimum Gasteiger partial charge on any atom is -0.381 e. The van der Waals surface area contributed by atoms with Crippen molar-refractivity contribution in [1.82, 2.24) is 15.0 Å². The molecular formula is C10H16N4O. The molecule has 5 heteroatoms. The number of hydrogen-bond donors (Lipinski definition) is 1. The van der Waals surface area contributed by atoms with Crippen molar-refractivity contribution in [3.8, 4) is 0 Å². The molecular weight excluding hydrogens is 192 g/mol. The monoisotopic (exact) mass is 208 g/mol. The summed E-state index contributed by atoms with van der Waals surface area (Å²) in [5.74, 6) is 2.22. The molecule has 1 aromatic rings. The molecule has 0 aliphatic carbocycles. The van der Waals surface area contributed by atoms with Crippen LogP contribution in [0.5, 0.6) is 0 Å². The number of anilines is 1. The molecule has 82 valence electrons. The van der Waals surface area contributed by atoms with Crippen molar-refractivity contribution in [1.29, 1.82) is 0 Å². The standard InChI is InChI=1S/C10H16N4O/c1-2-3-8-12-9(14-10(11)13-8)7-4-5-15-6-7/h7H,2-6H2,1H3,(H2,11,12,13,14). The van der Waals surface area contributed by atoms with Gasteiger partial charge in [-0.3, -0.25) is 0 Å². The van der Waals surface area contributed by atoms with Gasteiger partial charge in [0.05, 0.1) is 6.61 Å². The summed E-state index contributed by atoms with van der Waals surface area (Å²) in [7, 11) is 0. The van der Waals surface area contributed by atoms with E-state index in [0.717, 1.165) is 37.5 Å². The molecule has 0 bridgehead atoms. The molecule has 1 atom stereocenters. The molecule has 0 radical (unpaired) electrons. The van der Waals surface area contributed by atoms with Gasteiger partial charge in [-0.2, -0.15) is 9.97 Å². The van der Waals surface area contributed by atoms with Crippen molar-refractivity contribution in [2.45, 2.75) is 32.1 Å². The molecule has 2 N–H and O–H groups in total. The molecule has 1 aliphatic rings. The second-order valence-corrected chi connectivity index (χ2v) is 3.78. The average Bonchev–Trinajstić information content (AvgIpc) is 2.70. The number of nitrogens with two attached hydrogens (primary N) is 1. The first-order chi connectivity index (χ1) is 7.29. The normalized spacial score (nSPS) is 20.7. The van der Waals surface area contributed by atoms with Gasteiger partial charge >= 0.3 is 0 Å². The Labute approximate surface area is 89.1 Å². The Hall–Kier alpha value is -1.23. The fraction of sp³-hybridized carbons (Fsp3) is 0.700.